The lowest BCUT2D eigenvalue weighted by atomic mass is 9.96. The molecule has 2 unspecified atom stereocenters. The van der Waals surface area contributed by atoms with Crippen LogP contribution in [0.15, 0.2) is 4.99 Å². The molecule has 0 saturated heterocycles. The molecule has 0 spiro atoms. The van der Waals surface area contributed by atoms with Crippen molar-refractivity contribution in [2.45, 2.75) is 37.0 Å². The van der Waals surface area contributed by atoms with Crippen LogP contribution >= 0.6 is 23.5 Å². The Morgan fingerprint density at radius 1 is 1.47 bits per heavy atom. The molecule has 1 aliphatic heterocycles. The van der Waals surface area contributed by atoms with Gasteiger partial charge in [0.1, 0.15) is 14.5 Å². The van der Waals surface area contributed by atoms with E-state index in [2.05, 4.69) is 4.99 Å². The predicted molar refractivity (Wildman–Crippen MR) is 63.2 cm³/mol. The van der Waals surface area contributed by atoms with Gasteiger partial charge in [-0.25, -0.2) is 8.42 Å². The quantitative estimate of drug-likeness (QED) is 0.711. The van der Waals surface area contributed by atoms with Gasteiger partial charge in [-0.15, -0.1) is 0 Å². The van der Waals surface area contributed by atoms with Crippen LogP contribution in [0.3, 0.4) is 0 Å². The van der Waals surface area contributed by atoms with E-state index in [-0.39, 0.29) is 0 Å². The van der Waals surface area contributed by atoms with Crippen LogP contribution in [0.2, 0.25) is 0 Å². The van der Waals surface area contributed by atoms with Crippen molar-refractivity contribution >= 4 is 38.0 Å². The van der Waals surface area contributed by atoms with Crippen molar-refractivity contribution in [1.29, 1.82) is 0 Å². The summed E-state index contributed by atoms with van der Waals surface area (Å²) in [5, 5.41) is 0.133. The Kier molecular flexibility index (Phi) is 3.64. The van der Waals surface area contributed by atoms with Crippen molar-refractivity contribution in [3.8, 4) is 0 Å². The van der Waals surface area contributed by atoms with Gasteiger partial charge >= 0.3 is 0 Å². The standard InChI is InChI=1S/C8H13NO3S3/c10-15(11,12)5-13-8-9-6-3-1-2-4-7(6)14-8/h6-7H,1-5H2,(H,10,11,12)/p-1. The third-order valence-corrected chi connectivity index (χ3v) is 6.30. The van der Waals surface area contributed by atoms with Gasteiger partial charge < -0.3 is 4.55 Å². The van der Waals surface area contributed by atoms with E-state index in [1.165, 1.54) is 12.8 Å². The molecule has 2 aliphatic rings. The Labute approximate surface area is 98.1 Å². The molecule has 0 bridgehead atoms. The maximum absolute atomic E-state index is 10.5. The molecular weight excluding hydrogens is 254 g/mol. The summed E-state index contributed by atoms with van der Waals surface area (Å²) in [6.45, 7) is 0. The number of aliphatic imine (C=N–C) groups is 1. The van der Waals surface area contributed by atoms with E-state index in [0.29, 0.717) is 11.3 Å². The first-order valence-corrected chi connectivity index (χ1v) is 8.30. The normalized spacial score (nSPS) is 31.1. The summed E-state index contributed by atoms with van der Waals surface area (Å²) < 4.78 is 32.2. The summed E-state index contributed by atoms with van der Waals surface area (Å²) in [6.07, 6.45) is 4.71. The zero-order chi connectivity index (χ0) is 10.9. The molecule has 7 heteroatoms. The van der Waals surface area contributed by atoms with Crippen molar-refractivity contribution in [1.82, 2.24) is 0 Å². The minimum absolute atomic E-state index is 0.362. The molecule has 1 heterocycles. The monoisotopic (exact) mass is 266 g/mol. The number of hydrogen-bond donors (Lipinski definition) is 0. The van der Waals surface area contributed by atoms with Crippen LogP contribution in [0.25, 0.3) is 0 Å². The fourth-order valence-electron chi connectivity index (χ4n) is 1.85. The second-order valence-corrected chi connectivity index (χ2v) is 7.94. The van der Waals surface area contributed by atoms with Crippen LogP contribution in [0.5, 0.6) is 0 Å². The summed E-state index contributed by atoms with van der Waals surface area (Å²) in [4.78, 5) is 4.45. The van der Waals surface area contributed by atoms with Crippen LogP contribution in [0, 0.1) is 0 Å². The summed E-state index contributed by atoms with van der Waals surface area (Å²) in [5.74, 6) is 0. The van der Waals surface area contributed by atoms with E-state index < -0.39 is 15.2 Å². The molecule has 1 aliphatic carbocycles. The predicted octanol–water partition coefficient (Wildman–Crippen LogP) is 1.64. The molecule has 0 radical (unpaired) electrons. The Hall–Kier alpha value is 0.280. The van der Waals surface area contributed by atoms with E-state index in [1.807, 2.05) is 0 Å². The summed E-state index contributed by atoms with van der Waals surface area (Å²) in [5.41, 5.74) is 0. The highest BCUT2D eigenvalue weighted by Gasteiger charge is 2.32. The molecule has 1 fully saturated rings. The number of fused-ring (bicyclic) bond motifs is 1. The maximum atomic E-state index is 10.5. The number of nitrogens with zero attached hydrogens (tertiary/aromatic N) is 1. The topological polar surface area (TPSA) is 69.6 Å². The smallest absolute Gasteiger partial charge is 0.126 e. The first kappa shape index (κ1) is 11.8. The lowest BCUT2D eigenvalue weighted by Gasteiger charge is -2.21. The van der Waals surface area contributed by atoms with E-state index >= 15 is 0 Å². The van der Waals surface area contributed by atoms with Gasteiger partial charge in [0, 0.05) is 5.25 Å². The minimum Gasteiger partial charge on any atom is -0.747 e. The number of hydrogen-bond acceptors (Lipinski definition) is 6. The highest BCUT2D eigenvalue weighted by atomic mass is 32.3. The Bertz CT molecular complexity index is 365. The van der Waals surface area contributed by atoms with Gasteiger partial charge in [0.15, 0.2) is 0 Å². The van der Waals surface area contributed by atoms with Gasteiger partial charge in [-0.2, -0.15) is 0 Å². The highest BCUT2D eigenvalue weighted by molar-refractivity contribution is 8.41. The van der Waals surface area contributed by atoms with Gasteiger partial charge in [-0.1, -0.05) is 36.4 Å². The fourth-order valence-corrected chi connectivity index (χ4v) is 5.21. The maximum Gasteiger partial charge on any atom is 0.126 e. The van der Waals surface area contributed by atoms with E-state index in [9.17, 15) is 13.0 Å². The average molecular weight is 266 g/mol. The molecule has 1 saturated carbocycles. The van der Waals surface area contributed by atoms with Gasteiger partial charge in [0.05, 0.1) is 11.1 Å². The molecule has 0 aromatic rings. The molecule has 0 aromatic heterocycles. The van der Waals surface area contributed by atoms with Crippen molar-refractivity contribution in [2.75, 3.05) is 5.08 Å². The molecule has 4 nitrogen and oxygen atoms in total. The van der Waals surface area contributed by atoms with Crippen molar-refractivity contribution in [2.24, 2.45) is 4.99 Å². The van der Waals surface area contributed by atoms with Crippen LogP contribution in [0.4, 0.5) is 0 Å². The third kappa shape index (κ3) is 3.37. The Morgan fingerprint density at radius 3 is 2.87 bits per heavy atom. The molecular formula is C8H12NO3S3-. The lowest BCUT2D eigenvalue weighted by Crippen LogP contribution is -2.21. The summed E-state index contributed by atoms with van der Waals surface area (Å²) in [6, 6.07) is 0.362. The van der Waals surface area contributed by atoms with Gasteiger partial charge in [-0.05, 0) is 12.8 Å². The van der Waals surface area contributed by atoms with Crippen LogP contribution in [-0.2, 0) is 10.1 Å². The van der Waals surface area contributed by atoms with Crippen LogP contribution in [-0.4, -0.2) is 33.7 Å². The molecule has 2 atom stereocenters. The second-order valence-electron chi connectivity index (χ2n) is 3.72. The van der Waals surface area contributed by atoms with Crippen LogP contribution < -0.4 is 0 Å². The zero-order valence-corrected chi connectivity index (χ0v) is 10.5. The summed E-state index contributed by atoms with van der Waals surface area (Å²) >= 11 is 2.71. The molecule has 2 rings (SSSR count). The fraction of sp³-hybridized carbons (Fsp3) is 0.875. The first-order valence-electron chi connectivity index (χ1n) is 4.85. The Morgan fingerprint density at radius 2 is 2.20 bits per heavy atom. The molecule has 0 N–H and O–H groups in total. The van der Waals surface area contributed by atoms with E-state index in [0.717, 1.165) is 29.0 Å². The average Bonchev–Trinajstić information content (AvgIpc) is 2.56. The molecule has 0 aromatic carbocycles. The van der Waals surface area contributed by atoms with Crippen molar-refractivity contribution in [3.63, 3.8) is 0 Å². The Balaban J connectivity index is 1.90. The summed E-state index contributed by atoms with van der Waals surface area (Å²) in [7, 11) is -4.13. The minimum atomic E-state index is -4.13. The van der Waals surface area contributed by atoms with E-state index in [1.54, 1.807) is 11.8 Å². The molecule has 86 valence electrons. The largest absolute Gasteiger partial charge is 0.747 e. The van der Waals surface area contributed by atoms with E-state index in [4.69, 9.17) is 0 Å². The number of rotatable bonds is 2. The van der Waals surface area contributed by atoms with Crippen molar-refractivity contribution in [3.05, 3.63) is 0 Å². The van der Waals surface area contributed by atoms with Crippen LogP contribution in [0.1, 0.15) is 25.7 Å². The van der Waals surface area contributed by atoms with Gasteiger partial charge in [0.25, 0.3) is 0 Å². The second kappa shape index (κ2) is 4.65. The lowest BCUT2D eigenvalue weighted by molar-refractivity contribution is 0.462. The van der Waals surface area contributed by atoms with Gasteiger partial charge in [0.2, 0.25) is 0 Å². The first-order chi connectivity index (χ1) is 7.04. The molecule has 15 heavy (non-hydrogen) atoms. The third-order valence-electron chi connectivity index (χ3n) is 2.52. The zero-order valence-electron chi connectivity index (χ0n) is 8.09. The molecule has 0 amide bonds. The highest BCUT2D eigenvalue weighted by Crippen LogP contribution is 2.40. The number of thioether (sulfide) groups is 2. The van der Waals surface area contributed by atoms with Crippen molar-refractivity contribution < 1.29 is 13.0 Å². The SMILES string of the molecule is O=S(=O)([O-])CSC1=NC2CCCCC2S1. The van der Waals surface area contributed by atoms with Gasteiger partial charge in [-0.3, -0.25) is 4.99 Å².